The molecule has 1 N–H and O–H groups in total. The molecule has 0 bridgehead atoms. The van der Waals surface area contributed by atoms with Gasteiger partial charge in [-0.3, -0.25) is 4.40 Å². The highest BCUT2D eigenvalue weighted by molar-refractivity contribution is 9.10. The fourth-order valence-corrected chi connectivity index (χ4v) is 3.31. The lowest BCUT2D eigenvalue weighted by atomic mass is 10.1. The van der Waals surface area contributed by atoms with Gasteiger partial charge in [-0.15, -0.1) is 10.2 Å². The van der Waals surface area contributed by atoms with Gasteiger partial charge in [0.15, 0.2) is 10.8 Å². The number of halogens is 1. The highest BCUT2D eigenvalue weighted by Gasteiger charge is 2.10. The van der Waals surface area contributed by atoms with E-state index in [1.807, 2.05) is 47.0 Å². The Labute approximate surface area is 129 Å². The molecule has 0 spiro atoms. The number of pyridine rings is 1. The molecule has 0 saturated carbocycles. The van der Waals surface area contributed by atoms with Crippen LogP contribution in [0.5, 0.6) is 0 Å². The summed E-state index contributed by atoms with van der Waals surface area (Å²) in [7, 11) is 0. The van der Waals surface area contributed by atoms with Gasteiger partial charge >= 0.3 is 0 Å². The van der Waals surface area contributed by atoms with Crippen LogP contribution in [0.1, 0.15) is 18.6 Å². The second-order valence-corrected chi connectivity index (χ2v) is 6.24. The third kappa shape index (κ3) is 2.59. The molecule has 0 aliphatic heterocycles. The third-order valence-electron chi connectivity index (χ3n) is 2.92. The van der Waals surface area contributed by atoms with Crippen LogP contribution in [0.2, 0.25) is 0 Å². The van der Waals surface area contributed by atoms with Crippen molar-refractivity contribution in [2.24, 2.45) is 0 Å². The summed E-state index contributed by atoms with van der Waals surface area (Å²) in [5.74, 6) is 0. The molecule has 4 nitrogen and oxygen atoms in total. The Bertz CT molecular complexity index is 757. The summed E-state index contributed by atoms with van der Waals surface area (Å²) < 4.78 is 2.88. The van der Waals surface area contributed by atoms with Crippen molar-refractivity contribution in [1.82, 2.24) is 14.6 Å². The summed E-state index contributed by atoms with van der Waals surface area (Å²) in [5.41, 5.74) is 1.71. The molecule has 0 aliphatic carbocycles. The molecule has 20 heavy (non-hydrogen) atoms. The lowest BCUT2D eigenvalue weighted by Crippen LogP contribution is -1.91. The molecule has 0 amide bonds. The van der Waals surface area contributed by atoms with Crippen molar-refractivity contribution in [2.45, 2.75) is 23.1 Å². The van der Waals surface area contributed by atoms with E-state index in [0.717, 1.165) is 25.7 Å². The van der Waals surface area contributed by atoms with Crippen molar-refractivity contribution in [1.29, 1.82) is 0 Å². The standard InChI is InChI=1S/C14H12BrN3OS/c1-9(19)10-5-6-12(11(15)8-10)20-14-17-16-13-4-2-3-7-18(13)14/h2-9,19H,1H3/t9-/m1/s1. The van der Waals surface area contributed by atoms with Gasteiger partial charge in [0.2, 0.25) is 0 Å². The summed E-state index contributed by atoms with van der Waals surface area (Å²) in [5, 5.41) is 18.7. The summed E-state index contributed by atoms with van der Waals surface area (Å²) in [6, 6.07) is 11.6. The number of aliphatic hydroxyl groups is 1. The van der Waals surface area contributed by atoms with Gasteiger partial charge in [-0.05, 0) is 64.4 Å². The summed E-state index contributed by atoms with van der Waals surface area (Å²) in [6.07, 6.45) is 1.47. The Morgan fingerprint density at radius 1 is 1.25 bits per heavy atom. The van der Waals surface area contributed by atoms with Crippen molar-refractivity contribution in [3.05, 3.63) is 52.6 Å². The number of hydrogen-bond acceptors (Lipinski definition) is 4. The topological polar surface area (TPSA) is 50.4 Å². The maximum atomic E-state index is 9.58. The molecule has 0 unspecified atom stereocenters. The zero-order chi connectivity index (χ0) is 14.1. The first kappa shape index (κ1) is 13.6. The Morgan fingerprint density at radius 2 is 2.10 bits per heavy atom. The SMILES string of the molecule is C[C@@H](O)c1ccc(Sc2nnc3ccccn23)c(Br)c1. The zero-order valence-corrected chi connectivity index (χ0v) is 13.1. The minimum absolute atomic E-state index is 0.473. The van der Waals surface area contributed by atoms with Crippen LogP contribution in [0.3, 0.4) is 0 Å². The van der Waals surface area contributed by atoms with Crippen LogP contribution in [0.4, 0.5) is 0 Å². The smallest absolute Gasteiger partial charge is 0.200 e. The fraction of sp³-hybridized carbons (Fsp3) is 0.143. The maximum absolute atomic E-state index is 9.58. The molecular formula is C14H12BrN3OS. The van der Waals surface area contributed by atoms with Crippen LogP contribution in [0.25, 0.3) is 5.65 Å². The Morgan fingerprint density at radius 3 is 2.85 bits per heavy atom. The van der Waals surface area contributed by atoms with E-state index in [2.05, 4.69) is 26.1 Å². The average Bonchev–Trinajstić information content (AvgIpc) is 2.84. The molecule has 2 aromatic heterocycles. The van der Waals surface area contributed by atoms with E-state index >= 15 is 0 Å². The lowest BCUT2D eigenvalue weighted by molar-refractivity contribution is 0.199. The second-order valence-electron chi connectivity index (χ2n) is 4.38. The van der Waals surface area contributed by atoms with Crippen molar-refractivity contribution < 1.29 is 5.11 Å². The van der Waals surface area contributed by atoms with Gasteiger partial charge in [-0.2, -0.15) is 0 Å². The second kappa shape index (κ2) is 5.55. The summed E-state index contributed by atoms with van der Waals surface area (Å²) in [4.78, 5) is 1.03. The number of fused-ring (bicyclic) bond motifs is 1. The highest BCUT2D eigenvalue weighted by Crippen LogP contribution is 2.34. The van der Waals surface area contributed by atoms with E-state index in [0.29, 0.717) is 0 Å². The largest absolute Gasteiger partial charge is 0.389 e. The number of benzene rings is 1. The van der Waals surface area contributed by atoms with E-state index in [9.17, 15) is 5.11 Å². The van der Waals surface area contributed by atoms with E-state index < -0.39 is 6.10 Å². The van der Waals surface area contributed by atoms with E-state index in [1.165, 1.54) is 11.8 Å². The van der Waals surface area contributed by atoms with Crippen LogP contribution in [0, 0.1) is 0 Å². The van der Waals surface area contributed by atoms with Gasteiger partial charge in [0, 0.05) is 15.6 Å². The highest BCUT2D eigenvalue weighted by atomic mass is 79.9. The average molecular weight is 350 g/mol. The lowest BCUT2D eigenvalue weighted by Gasteiger charge is -2.08. The van der Waals surface area contributed by atoms with Crippen LogP contribution < -0.4 is 0 Å². The molecule has 0 aliphatic rings. The van der Waals surface area contributed by atoms with Crippen molar-refractivity contribution in [3.8, 4) is 0 Å². The molecule has 3 rings (SSSR count). The minimum Gasteiger partial charge on any atom is -0.389 e. The first-order valence-electron chi connectivity index (χ1n) is 6.10. The molecule has 2 heterocycles. The van der Waals surface area contributed by atoms with Crippen LogP contribution in [-0.4, -0.2) is 19.7 Å². The molecule has 0 saturated heterocycles. The van der Waals surface area contributed by atoms with Crippen molar-refractivity contribution >= 4 is 33.3 Å². The van der Waals surface area contributed by atoms with Crippen molar-refractivity contribution in [3.63, 3.8) is 0 Å². The first-order valence-corrected chi connectivity index (χ1v) is 7.71. The number of aliphatic hydroxyl groups excluding tert-OH is 1. The Kier molecular flexibility index (Phi) is 3.78. The van der Waals surface area contributed by atoms with E-state index in [1.54, 1.807) is 6.92 Å². The monoisotopic (exact) mass is 349 g/mol. The summed E-state index contributed by atoms with van der Waals surface area (Å²) in [6.45, 7) is 1.75. The predicted molar refractivity (Wildman–Crippen MR) is 81.9 cm³/mol. The van der Waals surface area contributed by atoms with Crippen LogP contribution in [0.15, 0.2) is 57.1 Å². The molecule has 1 aromatic carbocycles. The minimum atomic E-state index is -0.473. The zero-order valence-electron chi connectivity index (χ0n) is 10.7. The van der Waals surface area contributed by atoms with Crippen LogP contribution >= 0.6 is 27.7 Å². The molecule has 6 heteroatoms. The van der Waals surface area contributed by atoms with Gasteiger partial charge in [0.25, 0.3) is 0 Å². The molecule has 0 radical (unpaired) electrons. The van der Waals surface area contributed by atoms with Gasteiger partial charge in [-0.1, -0.05) is 12.1 Å². The number of hydrogen-bond donors (Lipinski definition) is 1. The third-order valence-corrected chi connectivity index (χ3v) is 4.88. The van der Waals surface area contributed by atoms with Crippen molar-refractivity contribution in [2.75, 3.05) is 0 Å². The molecule has 3 aromatic rings. The van der Waals surface area contributed by atoms with E-state index in [-0.39, 0.29) is 0 Å². The Hall–Kier alpha value is -1.37. The van der Waals surface area contributed by atoms with Gasteiger partial charge < -0.3 is 5.11 Å². The van der Waals surface area contributed by atoms with Gasteiger partial charge in [0.05, 0.1) is 6.10 Å². The van der Waals surface area contributed by atoms with Crippen LogP contribution in [-0.2, 0) is 0 Å². The normalized spacial score (nSPS) is 12.8. The molecule has 1 atom stereocenters. The number of aromatic nitrogens is 3. The van der Waals surface area contributed by atoms with Gasteiger partial charge in [-0.25, -0.2) is 0 Å². The molecular weight excluding hydrogens is 338 g/mol. The fourth-order valence-electron chi connectivity index (χ4n) is 1.85. The Balaban J connectivity index is 1.95. The number of rotatable bonds is 3. The number of nitrogens with zero attached hydrogens (tertiary/aromatic N) is 3. The quantitative estimate of drug-likeness (QED) is 0.783. The molecule has 0 fully saturated rings. The molecule has 102 valence electrons. The predicted octanol–water partition coefficient (Wildman–Crippen LogP) is 3.70. The van der Waals surface area contributed by atoms with E-state index in [4.69, 9.17) is 0 Å². The summed E-state index contributed by atoms with van der Waals surface area (Å²) >= 11 is 5.07. The first-order chi connectivity index (χ1) is 9.65. The maximum Gasteiger partial charge on any atom is 0.200 e. The van der Waals surface area contributed by atoms with Gasteiger partial charge in [0.1, 0.15) is 0 Å².